The Morgan fingerprint density at radius 3 is 2.26 bits per heavy atom. The van der Waals surface area contributed by atoms with E-state index in [1.54, 1.807) is 0 Å². The van der Waals surface area contributed by atoms with Gasteiger partial charge in [-0.25, -0.2) is 4.98 Å². The van der Waals surface area contributed by atoms with E-state index < -0.39 is 0 Å². The quantitative estimate of drug-likeness (QED) is 0.178. The number of hydrogen-bond donors (Lipinski definition) is 3. The first-order valence-electron chi connectivity index (χ1n) is 15.6. The van der Waals surface area contributed by atoms with Crippen LogP contribution in [0.25, 0.3) is 44.8 Å². The summed E-state index contributed by atoms with van der Waals surface area (Å²) in [6.07, 6.45) is 2.64. The lowest BCUT2D eigenvalue weighted by Gasteiger charge is -2.16. The van der Waals surface area contributed by atoms with Crippen LogP contribution in [0.15, 0.2) is 83.3 Å². The molecule has 8 bridgehead atoms. The van der Waals surface area contributed by atoms with E-state index in [9.17, 15) is 4.79 Å². The number of halogens is 1. The molecule has 0 fully saturated rings. The molecule has 0 atom stereocenters. The number of rotatable bonds is 4. The maximum absolute atomic E-state index is 14.0. The number of nitrogens with one attached hydrogen (secondary N) is 3. The molecule has 2 aromatic carbocycles. The zero-order valence-corrected chi connectivity index (χ0v) is 28.3. The second-order valence-electron chi connectivity index (χ2n) is 13.0. The van der Waals surface area contributed by atoms with Crippen molar-refractivity contribution < 1.29 is 4.79 Å². The van der Waals surface area contributed by atoms with Gasteiger partial charge in [-0.15, -0.1) is 0 Å². The molecule has 0 unspecified atom stereocenters. The SMILES string of the molecule is Cc1cc(C)c(-c2c3nc(c(Br)c4nc(cc5ccc(cc6ccc2[nH]6)[nH]5)C(C)(C)C4)C(C(=O)NCc2ccccc2)=C3)c(C)c1. The Balaban J connectivity index is 1.55. The Labute approximate surface area is 277 Å². The number of nitrogens with zero attached hydrogens (tertiary/aromatic N) is 2. The van der Waals surface area contributed by atoms with E-state index in [2.05, 4.69) is 114 Å². The second kappa shape index (κ2) is 11.6. The number of aromatic amines is 2. The van der Waals surface area contributed by atoms with Crippen molar-refractivity contribution in [3.8, 4) is 11.1 Å². The molecular formula is C39H36BrN5O. The van der Waals surface area contributed by atoms with Crippen LogP contribution >= 0.6 is 15.9 Å². The van der Waals surface area contributed by atoms with Gasteiger partial charge in [0.15, 0.2) is 0 Å². The number of aromatic nitrogens is 4. The van der Waals surface area contributed by atoms with Crippen LogP contribution in [0.3, 0.4) is 0 Å². The smallest absolute Gasteiger partial charge is 0.253 e. The summed E-state index contributed by atoms with van der Waals surface area (Å²) in [5, 5.41) is 3.14. The average Bonchev–Trinajstić information content (AvgIpc) is 3.81. The number of hydrogen-bond acceptors (Lipinski definition) is 3. The Kier molecular flexibility index (Phi) is 7.52. The molecule has 0 spiro atoms. The molecule has 3 N–H and O–H groups in total. The van der Waals surface area contributed by atoms with Crippen LogP contribution in [0.1, 0.15) is 58.9 Å². The van der Waals surface area contributed by atoms with Crippen LogP contribution in [-0.4, -0.2) is 25.8 Å². The van der Waals surface area contributed by atoms with Gasteiger partial charge in [0.2, 0.25) is 0 Å². The molecule has 0 aliphatic carbocycles. The monoisotopic (exact) mass is 669 g/mol. The van der Waals surface area contributed by atoms with Gasteiger partial charge in [0.05, 0.1) is 27.1 Å². The topological polar surface area (TPSA) is 86.5 Å². The number of H-pyrrole nitrogens is 2. The third-order valence-corrected chi connectivity index (χ3v) is 9.66. The zero-order valence-electron chi connectivity index (χ0n) is 26.7. The van der Waals surface area contributed by atoms with Crippen molar-refractivity contribution >= 4 is 55.6 Å². The fourth-order valence-corrected chi connectivity index (χ4v) is 7.16. The maximum Gasteiger partial charge on any atom is 0.253 e. The molecule has 230 valence electrons. The molecular weight excluding hydrogens is 634 g/mol. The van der Waals surface area contributed by atoms with Crippen molar-refractivity contribution in [1.29, 1.82) is 0 Å². The highest BCUT2D eigenvalue weighted by Gasteiger charge is 2.32. The Morgan fingerprint density at radius 2 is 1.52 bits per heavy atom. The molecule has 0 saturated heterocycles. The molecule has 2 aliphatic heterocycles. The van der Waals surface area contributed by atoms with E-state index in [0.29, 0.717) is 24.2 Å². The predicted molar refractivity (Wildman–Crippen MR) is 191 cm³/mol. The van der Waals surface area contributed by atoms with Crippen molar-refractivity contribution in [2.45, 2.75) is 53.0 Å². The zero-order chi connectivity index (χ0) is 32.2. The minimum atomic E-state index is -0.205. The average molecular weight is 671 g/mol. The summed E-state index contributed by atoms with van der Waals surface area (Å²) in [4.78, 5) is 31.6. The van der Waals surface area contributed by atoms with E-state index in [1.165, 1.54) is 5.56 Å². The number of carbonyl (C=O) groups excluding carboxylic acids is 1. The molecule has 7 heteroatoms. The standard InChI is InChI=1S/C39H36BrN5O/c1-22-15-23(2)34(24(3)16-22)35-30-14-13-27(43-30)17-26-11-12-28(42-26)18-33-39(4,5)20-32(44-33)36(40)37-29(19-31(35)45-37)38(46)41-21-25-9-7-6-8-10-25/h6-19,42-43H,20-21H2,1-5H3,(H,41,46). The predicted octanol–water partition coefficient (Wildman–Crippen LogP) is 9.05. The molecule has 5 heterocycles. The highest BCUT2D eigenvalue weighted by Crippen LogP contribution is 2.40. The van der Waals surface area contributed by atoms with Crippen LogP contribution in [0.5, 0.6) is 0 Å². The fourth-order valence-electron chi connectivity index (χ4n) is 6.63. The van der Waals surface area contributed by atoms with Crippen LogP contribution in [0, 0.1) is 20.8 Å². The minimum Gasteiger partial charge on any atom is -0.355 e. The second-order valence-corrected chi connectivity index (χ2v) is 13.8. The number of carbonyl (C=O) groups is 1. The first-order valence-corrected chi connectivity index (χ1v) is 16.4. The minimum absolute atomic E-state index is 0.183. The summed E-state index contributed by atoms with van der Waals surface area (Å²) in [7, 11) is 0. The molecule has 2 aliphatic rings. The molecule has 46 heavy (non-hydrogen) atoms. The fraction of sp³-hybridized carbons (Fsp3) is 0.205. The van der Waals surface area contributed by atoms with Crippen molar-refractivity contribution in [2.75, 3.05) is 0 Å². The number of aryl methyl sites for hydroxylation is 3. The van der Waals surface area contributed by atoms with Gasteiger partial charge in [0.1, 0.15) is 0 Å². The molecule has 6 nitrogen and oxygen atoms in total. The Bertz CT molecular complexity index is 2200. The molecule has 5 aromatic rings. The van der Waals surface area contributed by atoms with Gasteiger partial charge >= 0.3 is 0 Å². The van der Waals surface area contributed by atoms with Crippen LogP contribution in [0.4, 0.5) is 0 Å². The lowest BCUT2D eigenvalue weighted by molar-refractivity contribution is -0.115. The maximum atomic E-state index is 14.0. The molecule has 3 aromatic heterocycles. The Hall–Kier alpha value is -4.75. The van der Waals surface area contributed by atoms with Gasteiger partial charge in [-0.05, 0) is 101 Å². The normalized spacial score (nSPS) is 13.8. The summed E-state index contributed by atoms with van der Waals surface area (Å²) >= 11 is 3.90. The third kappa shape index (κ3) is 5.60. The van der Waals surface area contributed by atoms with Gasteiger partial charge < -0.3 is 15.3 Å². The van der Waals surface area contributed by atoms with Crippen LogP contribution in [0.2, 0.25) is 0 Å². The lowest BCUT2D eigenvalue weighted by Crippen LogP contribution is -2.23. The lowest BCUT2D eigenvalue weighted by atomic mass is 9.87. The summed E-state index contributed by atoms with van der Waals surface area (Å²) in [5.74, 6) is -0.183. The summed E-state index contributed by atoms with van der Waals surface area (Å²) in [6, 6.07) is 26.9. The molecule has 7 rings (SSSR count). The van der Waals surface area contributed by atoms with E-state index in [1.807, 2.05) is 36.4 Å². The van der Waals surface area contributed by atoms with Gasteiger partial charge in [-0.3, -0.25) is 9.78 Å². The van der Waals surface area contributed by atoms with Gasteiger partial charge in [0.25, 0.3) is 5.91 Å². The largest absolute Gasteiger partial charge is 0.355 e. The highest BCUT2D eigenvalue weighted by molar-refractivity contribution is 9.10. The van der Waals surface area contributed by atoms with Crippen molar-refractivity contribution in [1.82, 2.24) is 25.3 Å². The van der Waals surface area contributed by atoms with Crippen molar-refractivity contribution in [2.24, 2.45) is 0 Å². The van der Waals surface area contributed by atoms with E-state index in [4.69, 9.17) is 9.97 Å². The van der Waals surface area contributed by atoms with Gasteiger partial charge in [-0.1, -0.05) is 61.9 Å². The van der Waals surface area contributed by atoms with Crippen LogP contribution < -0.4 is 5.32 Å². The summed E-state index contributed by atoms with van der Waals surface area (Å²) < 4.78 is 0.733. The van der Waals surface area contributed by atoms with Crippen molar-refractivity contribution in [3.05, 3.63) is 128 Å². The first-order chi connectivity index (χ1) is 22.1. The van der Waals surface area contributed by atoms with Crippen LogP contribution in [-0.2, 0) is 23.2 Å². The molecule has 0 radical (unpaired) electrons. The van der Waals surface area contributed by atoms with E-state index >= 15 is 0 Å². The first kappa shape index (κ1) is 29.9. The van der Waals surface area contributed by atoms with E-state index in [-0.39, 0.29) is 11.3 Å². The summed E-state index contributed by atoms with van der Waals surface area (Å²) in [6.45, 7) is 11.2. The highest BCUT2D eigenvalue weighted by atomic mass is 79.9. The molecule has 1 amide bonds. The Morgan fingerprint density at radius 1 is 0.848 bits per heavy atom. The molecule has 0 saturated carbocycles. The van der Waals surface area contributed by atoms with Gasteiger partial charge in [0, 0.05) is 51.7 Å². The summed E-state index contributed by atoms with van der Waals surface area (Å²) in [5.41, 5.74) is 13.9. The third-order valence-electron chi connectivity index (χ3n) is 8.82. The number of fused-ring (bicyclic) bond motifs is 8. The van der Waals surface area contributed by atoms with E-state index in [0.717, 1.165) is 71.4 Å². The van der Waals surface area contributed by atoms with Crippen molar-refractivity contribution in [3.63, 3.8) is 0 Å². The number of amides is 1. The van der Waals surface area contributed by atoms with Gasteiger partial charge in [-0.2, -0.15) is 0 Å². The number of benzene rings is 2.